The fraction of sp³-hybridized carbons (Fsp3) is 1.00. The minimum absolute atomic E-state index is 0.730. The van der Waals surface area contributed by atoms with E-state index in [0.29, 0.717) is 0 Å². The first-order valence-corrected chi connectivity index (χ1v) is 6.00. The van der Waals surface area contributed by atoms with E-state index in [9.17, 15) is 0 Å². The van der Waals surface area contributed by atoms with Gasteiger partial charge in [-0.3, -0.25) is 4.90 Å². The topological polar surface area (TPSA) is 6.48 Å². The molecule has 0 radical (unpaired) electrons. The summed E-state index contributed by atoms with van der Waals surface area (Å²) in [7, 11) is 2.21. The molecule has 0 saturated carbocycles. The fourth-order valence-electron chi connectivity index (χ4n) is 2.24. The molecule has 2 heteroatoms. The van der Waals surface area contributed by atoms with Gasteiger partial charge in [0.05, 0.1) is 0 Å². The Morgan fingerprint density at radius 1 is 1.00 bits per heavy atom. The van der Waals surface area contributed by atoms with E-state index >= 15 is 0 Å². The third-order valence-electron chi connectivity index (χ3n) is 2.65. The van der Waals surface area contributed by atoms with Crippen LogP contribution in [0.2, 0.25) is 0 Å². The van der Waals surface area contributed by atoms with Gasteiger partial charge in [-0.05, 0) is 27.4 Å². The van der Waals surface area contributed by atoms with Crippen LogP contribution in [-0.4, -0.2) is 48.6 Å². The van der Waals surface area contributed by atoms with E-state index < -0.39 is 0 Å². The van der Waals surface area contributed by atoms with Crippen LogP contribution in [0.15, 0.2) is 0 Å². The van der Waals surface area contributed by atoms with E-state index in [4.69, 9.17) is 0 Å². The predicted octanol–water partition coefficient (Wildman–Crippen LogP) is 2.45. The average Bonchev–Trinajstić information content (AvgIpc) is 2.04. The van der Waals surface area contributed by atoms with Gasteiger partial charge in [-0.25, -0.2) is 0 Å². The van der Waals surface area contributed by atoms with Crippen LogP contribution >= 0.6 is 0 Å². The lowest BCUT2D eigenvalue weighted by molar-refractivity contribution is 0.0573. The van der Waals surface area contributed by atoms with Crippen LogP contribution in [0.4, 0.5) is 0 Å². The first-order chi connectivity index (χ1) is 6.56. The Hall–Kier alpha value is -0.0800. The lowest BCUT2D eigenvalue weighted by Crippen LogP contribution is -2.55. The SMILES string of the molecule is CCC.CCN1[C@@H](C)CN(C)C[C@@H]1C. The van der Waals surface area contributed by atoms with Crippen molar-refractivity contribution in [3.8, 4) is 0 Å². The first-order valence-electron chi connectivity index (χ1n) is 6.00. The summed E-state index contributed by atoms with van der Waals surface area (Å²) in [5.74, 6) is 0. The number of likely N-dealkylation sites (N-methyl/N-ethyl adjacent to an activating group) is 2. The largest absolute Gasteiger partial charge is 0.303 e. The van der Waals surface area contributed by atoms with Gasteiger partial charge in [0.25, 0.3) is 0 Å². The zero-order chi connectivity index (χ0) is 11.1. The second-order valence-corrected chi connectivity index (χ2v) is 4.46. The molecule has 14 heavy (non-hydrogen) atoms. The lowest BCUT2D eigenvalue weighted by atomic mass is 10.1. The maximum absolute atomic E-state index is 2.57. The average molecular weight is 200 g/mol. The van der Waals surface area contributed by atoms with Crippen molar-refractivity contribution in [2.24, 2.45) is 0 Å². The molecule has 0 unspecified atom stereocenters. The molecule has 2 atom stereocenters. The summed E-state index contributed by atoms with van der Waals surface area (Å²) in [5.41, 5.74) is 0. The molecule has 1 fully saturated rings. The predicted molar refractivity (Wildman–Crippen MR) is 64.8 cm³/mol. The molecule has 1 rings (SSSR count). The maximum Gasteiger partial charge on any atom is 0.0198 e. The summed E-state index contributed by atoms with van der Waals surface area (Å²) in [6, 6.07) is 1.46. The normalized spacial score (nSPS) is 29.6. The van der Waals surface area contributed by atoms with E-state index in [1.54, 1.807) is 0 Å². The van der Waals surface area contributed by atoms with Crippen LogP contribution in [0.5, 0.6) is 0 Å². The highest BCUT2D eigenvalue weighted by Gasteiger charge is 2.25. The lowest BCUT2D eigenvalue weighted by Gasteiger charge is -2.42. The Bertz CT molecular complexity index is 124. The van der Waals surface area contributed by atoms with Crippen molar-refractivity contribution in [2.75, 3.05) is 26.7 Å². The number of piperazine rings is 1. The molecule has 2 nitrogen and oxygen atoms in total. The van der Waals surface area contributed by atoms with Gasteiger partial charge in [-0.15, -0.1) is 0 Å². The third kappa shape index (κ3) is 4.43. The summed E-state index contributed by atoms with van der Waals surface area (Å²) in [5, 5.41) is 0. The third-order valence-corrected chi connectivity index (χ3v) is 2.65. The second-order valence-electron chi connectivity index (χ2n) is 4.46. The van der Waals surface area contributed by atoms with Gasteiger partial charge < -0.3 is 4.90 Å². The molecule has 0 N–H and O–H groups in total. The highest BCUT2D eigenvalue weighted by atomic mass is 15.3. The first kappa shape index (κ1) is 13.9. The van der Waals surface area contributed by atoms with E-state index in [2.05, 4.69) is 51.5 Å². The smallest absolute Gasteiger partial charge is 0.0198 e. The highest BCUT2D eigenvalue weighted by molar-refractivity contribution is 4.82. The molecule has 1 saturated heterocycles. The zero-order valence-electron chi connectivity index (χ0n) is 10.9. The molecule has 86 valence electrons. The molecule has 0 aromatic rings. The van der Waals surface area contributed by atoms with Gasteiger partial charge in [0, 0.05) is 25.2 Å². The number of rotatable bonds is 1. The van der Waals surface area contributed by atoms with Crippen molar-refractivity contribution in [3.63, 3.8) is 0 Å². The Kier molecular flexibility index (Phi) is 7.20. The standard InChI is InChI=1S/C9H20N2.C3H8/c1-5-11-8(2)6-10(4)7-9(11)3;1-3-2/h8-9H,5-7H2,1-4H3;3H2,1-2H3/t8-,9-;/m0./s1. The zero-order valence-corrected chi connectivity index (χ0v) is 10.9. The van der Waals surface area contributed by atoms with E-state index in [-0.39, 0.29) is 0 Å². The molecule has 0 aromatic heterocycles. The van der Waals surface area contributed by atoms with Gasteiger partial charge >= 0.3 is 0 Å². The van der Waals surface area contributed by atoms with Crippen LogP contribution in [0.25, 0.3) is 0 Å². The molecule has 0 bridgehead atoms. The highest BCUT2D eigenvalue weighted by Crippen LogP contribution is 2.12. The van der Waals surface area contributed by atoms with Gasteiger partial charge in [0.2, 0.25) is 0 Å². The van der Waals surface area contributed by atoms with Gasteiger partial charge in [-0.1, -0.05) is 27.2 Å². The maximum atomic E-state index is 2.57. The Labute approximate surface area is 90.3 Å². The summed E-state index contributed by atoms with van der Waals surface area (Å²) >= 11 is 0. The van der Waals surface area contributed by atoms with Crippen LogP contribution < -0.4 is 0 Å². The van der Waals surface area contributed by atoms with Crippen LogP contribution in [0.1, 0.15) is 41.0 Å². The summed E-state index contributed by atoms with van der Waals surface area (Å²) in [4.78, 5) is 4.99. The summed E-state index contributed by atoms with van der Waals surface area (Å²) in [6.07, 6.45) is 1.25. The quantitative estimate of drug-likeness (QED) is 0.641. The Balaban J connectivity index is 0.000000500. The van der Waals surface area contributed by atoms with Gasteiger partial charge in [0.15, 0.2) is 0 Å². The molecule has 1 aliphatic heterocycles. The monoisotopic (exact) mass is 200 g/mol. The van der Waals surface area contributed by atoms with Gasteiger partial charge in [-0.2, -0.15) is 0 Å². The van der Waals surface area contributed by atoms with Crippen LogP contribution in [0.3, 0.4) is 0 Å². The van der Waals surface area contributed by atoms with E-state index in [1.807, 2.05) is 0 Å². The van der Waals surface area contributed by atoms with Crippen molar-refractivity contribution in [2.45, 2.75) is 53.1 Å². The van der Waals surface area contributed by atoms with Crippen molar-refractivity contribution < 1.29 is 0 Å². The minimum atomic E-state index is 0.730. The molecular formula is C12H28N2. The van der Waals surface area contributed by atoms with Crippen LogP contribution in [-0.2, 0) is 0 Å². The minimum Gasteiger partial charge on any atom is -0.303 e. The van der Waals surface area contributed by atoms with Crippen molar-refractivity contribution in [3.05, 3.63) is 0 Å². The molecular weight excluding hydrogens is 172 g/mol. The van der Waals surface area contributed by atoms with E-state index in [1.165, 1.54) is 26.1 Å². The van der Waals surface area contributed by atoms with Gasteiger partial charge in [0.1, 0.15) is 0 Å². The van der Waals surface area contributed by atoms with Crippen molar-refractivity contribution >= 4 is 0 Å². The number of hydrogen-bond donors (Lipinski definition) is 0. The molecule has 1 heterocycles. The molecule has 0 aromatic carbocycles. The number of nitrogens with zero attached hydrogens (tertiary/aromatic N) is 2. The molecule has 0 spiro atoms. The van der Waals surface area contributed by atoms with Crippen LogP contribution in [0, 0.1) is 0 Å². The molecule has 1 aliphatic rings. The molecule has 0 aliphatic carbocycles. The number of hydrogen-bond acceptors (Lipinski definition) is 2. The summed E-state index contributed by atoms with van der Waals surface area (Å²) < 4.78 is 0. The fourth-order valence-corrected chi connectivity index (χ4v) is 2.24. The Morgan fingerprint density at radius 3 is 1.64 bits per heavy atom. The summed E-state index contributed by atoms with van der Waals surface area (Å²) in [6.45, 7) is 14.8. The van der Waals surface area contributed by atoms with Crippen molar-refractivity contribution in [1.82, 2.24) is 9.80 Å². The Morgan fingerprint density at radius 2 is 1.36 bits per heavy atom. The molecule has 0 amide bonds. The van der Waals surface area contributed by atoms with Crippen molar-refractivity contribution in [1.29, 1.82) is 0 Å². The second kappa shape index (κ2) is 7.24. The van der Waals surface area contributed by atoms with E-state index in [0.717, 1.165) is 12.1 Å².